The number of carbonyl (C=O) groups is 1. The van der Waals surface area contributed by atoms with Crippen LogP contribution in [0.15, 0.2) is 28.9 Å². The van der Waals surface area contributed by atoms with E-state index in [9.17, 15) is 9.18 Å². The van der Waals surface area contributed by atoms with Crippen LogP contribution >= 0.6 is 0 Å². The molecule has 1 heterocycles. The monoisotopic (exact) mass is 236 g/mol. The van der Waals surface area contributed by atoms with E-state index in [-0.39, 0.29) is 6.42 Å². The first-order valence-electron chi connectivity index (χ1n) is 5.30. The summed E-state index contributed by atoms with van der Waals surface area (Å²) in [6, 6.07) is 4.69. The van der Waals surface area contributed by atoms with Crippen LogP contribution in [0.1, 0.15) is 25.8 Å². The number of rotatable bonds is 3. The molecular weight excluding hydrogens is 223 g/mol. The Morgan fingerprint density at radius 1 is 1.41 bits per heavy atom. The molecule has 4 heteroatoms. The van der Waals surface area contributed by atoms with Gasteiger partial charge in [0.1, 0.15) is 11.4 Å². The van der Waals surface area contributed by atoms with Crippen LogP contribution in [0.25, 0.3) is 11.0 Å². The Bertz CT molecular complexity index is 569. The van der Waals surface area contributed by atoms with E-state index in [1.54, 1.807) is 26.0 Å². The molecule has 0 spiro atoms. The first kappa shape index (κ1) is 11.6. The highest BCUT2D eigenvalue weighted by Crippen LogP contribution is 2.35. The van der Waals surface area contributed by atoms with Gasteiger partial charge < -0.3 is 9.52 Å². The van der Waals surface area contributed by atoms with Crippen molar-refractivity contribution in [1.29, 1.82) is 0 Å². The number of fused-ring (bicyclic) bond motifs is 1. The molecule has 0 atom stereocenters. The Hall–Kier alpha value is -1.84. The predicted molar refractivity (Wildman–Crippen MR) is 61.5 cm³/mol. The summed E-state index contributed by atoms with van der Waals surface area (Å²) in [6.07, 6.45) is 1.33. The minimum atomic E-state index is -0.960. The van der Waals surface area contributed by atoms with Crippen LogP contribution in [0.5, 0.6) is 0 Å². The topological polar surface area (TPSA) is 50.4 Å². The molecule has 2 rings (SSSR count). The minimum absolute atomic E-state index is 0.149. The number of furan rings is 1. The molecule has 1 N–H and O–H groups in total. The first-order valence-corrected chi connectivity index (χ1v) is 5.30. The van der Waals surface area contributed by atoms with Gasteiger partial charge in [-0.15, -0.1) is 0 Å². The van der Waals surface area contributed by atoms with Crippen LogP contribution < -0.4 is 0 Å². The highest BCUT2D eigenvalue weighted by atomic mass is 19.1. The number of carboxylic acids is 1. The van der Waals surface area contributed by atoms with Crippen LogP contribution in [0.2, 0.25) is 0 Å². The molecule has 1 aromatic carbocycles. The summed E-state index contributed by atoms with van der Waals surface area (Å²) in [5, 5.41) is 9.65. The van der Waals surface area contributed by atoms with E-state index in [4.69, 9.17) is 9.52 Å². The lowest BCUT2D eigenvalue weighted by Crippen LogP contribution is -2.23. The Morgan fingerprint density at radius 3 is 2.76 bits per heavy atom. The number of hydrogen-bond donors (Lipinski definition) is 1. The average Bonchev–Trinajstić information content (AvgIpc) is 2.61. The highest BCUT2D eigenvalue weighted by molar-refractivity contribution is 5.82. The average molecular weight is 236 g/mol. The van der Waals surface area contributed by atoms with Gasteiger partial charge in [-0.3, -0.25) is 4.79 Å². The van der Waals surface area contributed by atoms with Crippen LogP contribution in [0.4, 0.5) is 4.39 Å². The molecule has 17 heavy (non-hydrogen) atoms. The number of benzene rings is 1. The number of halogens is 1. The summed E-state index contributed by atoms with van der Waals surface area (Å²) >= 11 is 0. The fourth-order valence-electron chi connectivity index (χ4n) is 2.11. The summed E-state index contributed by atoms with van der Waals surface area (Å²) < 4.78 is 19.2. The van der Waals surface area contributed by atoms with Gasteiger partial charge in [-0.05, 0) is 18.2 Å². The van der Waals surface area contributed by atoms with Gasteiger partial charge in [-0.25, -0.2) is 4.39 Å². The molecule has 0 saturated heterocycles. The number of hydrogen-bond acceptors (Lipinski definition) is 2. The Kier molecular flexibility index (Phi) is 2.65. The third-order valence-corrected chi connectivity index (χ3v) is 2.84. The first-order chi connectivity index (χ1) is 7.92. The summed E-state index contributed by atoms with van der Waals surface area (Å²) in [7, 11) is 0. The second-order valence-electron chi connectivity index (χ2n) is 4.72. The molecule has 0 amide bonds. The minimum Gasteiger partial charge on any atom is -0.481 e. The third-order valence-electron chi connectivity index (χ3n) is 2.84. The molecule has 0 radical (unpaired) electrons. The Balaban J connectivity index is 2.64. The van der Waals surface area contributed by atoms with Gasteiger partial charge in [0, 0.05) is 16.4 Å². The highest BCUT2D eigenvalue weighted by Gasteiger charge is 2.30. The fraction of sp³-hybridized carbons (Fsp3) is 0.308. The summed E-state index contributed by atoms with van der Waals surface area (Å²) in [4.78, 5) is 10.8. The molecule has 1 aromatic heterocycles. The van der Waals surface area contributed by atoms with Crippen molar-refractivity contribution in [2.75, 3.05) is 0 Å². The molecule has 0 saturated carbocycles. The van der Waals surface area contributed by atoms with Gasteiger partial charge in [0.25, 0.3) is 0 Å². The SMILES string of the molecule is CC(C)(CC(=O)O)c1c(F)ccc2ccoc12. The van der Waals surface area contributed by atoms with Gasteiger partial charge in [0.2, 0.25) is 0 Å². The maximum absolute atomic E-state index is 13.9. The lowest BCUT2D eigenvalue weighted by atomic mass is 9.80. The molecule has 3 nitrogen and oxygen atoms in total. The van der Waals surface area contributed by atoms with Crippen LogP contribution in [0, 0.1) is 5.82 Å². The summed E-state index contributed by atoms with van der Waals surface area (Å²) in [5.74, 6) is -1.39. The third kappa shape index (κ3) is 2.02. The van der Waals surface area contributed by atoms with Crippen molar-refractivity contribution >= 4 is 16.9 Å². The molecule has 0 fully saturated rings. The van der Waals surface area contributed by atoms with E-state index in [2.05, 4.69) is 0 Å². The smallest absolute Gasteiger partial charge is 0.304 e. The van der Waals surface area contributed by atoms with E-state index in [0.717, 1.165) is 5.39 Å². The maximum Gasteiger partial charge on any atom is 0.304 e. The Labute approximate surface area is 97.9 Å². The van der Waals surface area contributed by atoms with E-state index in [0.29, 0.717) is 11.1 Å². The van der Waals surface area contributed by atoms with Gasteiger partial charge in [0.05, 0.1) is 12.7 Å². The van der Waals surface area contributed by atoms with Crippen molar-refractivity contribution < 1.29 is 18.7 Å². The van der Waals surface area contributed by atoms with E-state index >= 15 is 0 Å². The summed E-state index contributed by atoms with van der Waals surface area (Å²) in [6.45, 7) is 3.39. The van der Waals surface area contributed by atoms with E-state index < -0.39 is 17.2 Å². The molecule has 90 valence electrons. The van der Waals surface area contributed by atoms with E-state index in [1.807, 2.05) is 0 Å². The lowest BCUT2D eigenvalue weighted by molar-refractivity contribution is -0.138. The second-order valence-corrected chi connectivity index (χ2v) is 4.72. The van der Waals surface area contributed by atoms with Gasteiger partial charge >= 0.3 is 5.97 Å². The number of carboxylic acid groups (broad SMARTS) is 1. The van der Waals surface area contributed by atoms with Gasteiger partial charge in [-0.2, -0.15) is 0 Å². The second kappa shape index (κ2) is 3.87. The predicted octanol–water partition coefficient (Wildman–Crippen LogP) is 3.32. The Morgan fingerprint density at radius 2 is 2.12 bits per heavy atom. The molecule has 0 unspecified atom stereocenters. The van der Waals surface area contributed by atoms with Crippen molar-refractivity contribution in [3.8, 4) is 0 Å². The van der Waals surface area contributed by atoms with E-state index in [1.165, 1.54) is 12.3 Å². The molecule has 0 aliphatic heterocycles. The lowest BCUT2D eigenvalue weighted by Gasteiger charge is -2.23. The van der Waals surface area contributed by atoms with Gasteiger partial charge in [0.15, 0.2) is 0 Å². The van der Waals surface area contributed by atoms with Gasteiger partial charge in [-0.1, -0.05) is 13.8 Å². The maximum atomic E-state index is 13.9. The van der Waals surface area contributed by atoms with Crippen LogP contribution in [-0.2, 0) is 10.2 Å². The molecule has 2 aromatic rings. The fourth-order valence-corrected chi connectivity index (χ4v) is 2.11. The largest absolute Gasteiger partial charge is 0.481 e. The zero-order valence-electron chi connectivity index (χ0n) is 9.66. The quantitative estimate of drug-likeness (QED) is 0.889. The van der Waals surface area contributed by atoms with Crippen LogP contribution in [-0.4, -0.2) is 11.1 Å². The number of aliphatic carboxylic acids is 1. The summed E-state index contributed by atoms with van der Waals surface area (Å²) in [5.41, 5.74) is -0.0635. The van der Waals surface area contributed by atoms with Crippen molar-refractivity contribution in [2.45, 2.75) is 25.7 Å². The van der Waals surface area contributed by atoms with Crippen molar-refractivity contribution in [3.05, 3.63) is 35.8 Å². The molecule has 0 bridgehead atoms. The van der Waals surface area contributed by atoms with Crippen molar-refractivity contribution in [2.24, 2.45) is 0 Å². The zero-order valence-corrected chi connectivity index (χ0v) is 9.66. The zero-order chi connectivity index (χ0) is 12.6. The normalized spacial score (nSPS) is 11.9. The van der Waals surface area contributed by atoms with Crippen LogP contribution in [0.3, 0.4) is 0 Å². The van der Waals surface area contributed by atoms with Crippen molar-refractivity contribution in [3.63, 3.8) is 0 Å². The van der Waals surface area contributed by atoms with Crippen molar-refractivity contribution in [1.82, 2.24) is 0 Å². The standard InChI is InChI=1S/C13H13FO3/c1-13(2,7-10(15)16)11-9(14)4-3-8-5-6-17-12(8)11/h3-6H,7H2,1-2H3,(H,15,16). The molecule has 0 aliphatic rings. The molecular formula is C13H13FO3. The molecule has 0 aliphatic carbocycles.